The predicted octanol–water partition coefficient (Wildman–Crippen LogP) is 2.63. The number of H-pyrrole nitrogens is 1. The van der Waals surface area contributed by atoms with Gasteiger partial charge in [0.25, 0.3) is 0 Å². The van der Waals surface area contributed by atoms with E-state index in [4.69, 9.17) is 17.0 Å². The molecule has 0 radical (unpaired) electrons. The number of thioether (sulfide) groups is 1. The van der Waals surface area contributed by atoms with E-state index < -0.39 is 0 Å². The van der Waals surface area contributed by atoms with Crippen LogP contribution in [0.4, 0.5) is 0 Å². The molecule has 1 aromatic heterocycles. The number of carbonyl (C=O) groups excluding carboxylic acids is 1. The molecule has 0 saturated carbocycles. The van der Waals surface area contributed by atoms with Crippen LogP contribution in [0.2, 0.25) is 0 Å². The minimum absolute atomic E-state index is 0.189. The van der Waals surface area contributed by atoms with Gasteiger partial charge in [0.15, 0.2) is 8.29 Å². The third kappa shape index (κ3) is 3.92. The predicted molar refractivity (Wildman–Crippen MR) is 63.9 cm³/mol. The summed E-state index contributed by atoms with van der Waals surface area (Å²) in [5.74, 6) is -0.189. The van der Waals surface area contributed by atoms with Gasteiger partial charge in [0.1, 0.15) is 5.25 Å². The molecule has 1 rings (SSSR count). The Morgan fingerprint density at radius 1 is 1.73 bits per heavy atom. The molecule has 84 valence electrons. The molecule has 0 saturated heterocycles. The van der Waals surface area contributed by atoms with Gasteiger partial charge in [-0.05, 0) is 25.6 Å². The van der Waals surface area contributed by atoms with Crippen LogP contribution >= 0.6 is 35.3 Å². The lowest BCUT2D eigenvalue weighted by Gasteiger charge is -2.10. The Bertz CT molecular complexity index is 374. The van der Waals surface area contributed by atoms with Crippen molar-refractivity contribution in [2.75, 3.05) is 6.61 Å². The first-order chi connectivity index (χ1) is 7.17. The summed E-state index contributed by atoms with van der Waals surface area (Å²) in [5, 5.41) is 6.47. The van der Waals surface area contributed by atoms with E-state index in [1.807, 2.05) is 6.92 Å². The average molecular weight is 264 g/mol. The maximum atomic E-state index is 11.5. The molecule has 1 aromatic rings. The standard InChI is InChI=1S/C8H12N2O2S3/c1-3-5(6(11)12-4-2)14-8-10-9-7(13)15-8/h5H,3-4H2,1-2H3,(H,9,13). The number of nitrogens with one attached hydrogen (secondary N) is 1. The first kappa shape index (κ1) is 12.7. The first-order valence-electron chi connectivity index (χ1n) is 4.56. The zero-order chi connectivity index (χ0) is 11.3. The van der Waals surface area contributed by atoms with Crippen LogP contribution in [-0.4, -0.2) is 28.0 Å². The van der Waals surface area contributed by atoms with Crippen LogP contribution in [-0.2, 0) is 9.53 Å². The zero-order valence-corrected chi connectivity index (χ0v) is 10.9. The van der Waals surface area contributed by atoms with Crippen molar-refractivity contribution >= 4 is 41.3 Å². The van der Waals surface area contributed by atoms with Crippen LogP contribution in [0.1, 0.15) is 20.3 Å². The molecule has 7 heteroatoms. The third-order valence-corrected chi connectivity index (χ3v) is 4.11. The van der Waals surface area contributed by atoms with Crippen molar-refractivity contribution in [2.24, 2.45) is 0 Å². The summed E-state index contributed by atoms with van der Waals surface area (Å²) < 4.78 is 6.35. The minimum Gasteiger partial charge on any atom is -0.465 e. The van der Waals surface area contributed by atoms with Gasteiger partial charge in [-0.2, -0.15) is 5.10 Å². The fourth-order valence-electron chi connectivity index (χ4n) is 0.922. The smallest absolute Gasteiger partial charge is 0.319 e. The summed E-state index contributed by atoms with van der Waals surface area (Å²) in [6.45, 7) is 4.15. The molecule has 1 unspecified atom stereocenters. The van der Waals surface area contributed by atoms with E-state index in [1.165, 1.54) is 23.1 Å². The molecule has 0 spiro atoms. The number of carbonyl (C=O) groups is 1. The highest BCUT2D eigenvalue weighted by Crippen LogP contribution is 2.27. The summed E-state index contributed by atoms with van der Waals surface area (Å²) in [6, 6.07) is 0. The molecular formula is C8H12N2O2S3. The van der Waals surface area contributed by atoms with E-state index in [2.05, 4.69) is 10.2 Å². The van der Waals surface area contributed by atoms with Crippen LogP contribution in [0, 0.1) is 3.95 Å². The van der Waals surface area contributed by atoms with Crippen LogP contribution in [0.3, 0.4) is 0 Å². The normalized spacial score (nSPS) is 12.4. The molecule has 0 fully saturated rings. The summed E-state index contributed by atoms with van der Waals surface area (Å²) in [7, 11) is 0. The first-order valence-corrected chi connectivity index (χ1v) is 6.66. The molecule has 0 amide bonds. The van der Waals surface area contributed by atoms with E-state index >= 15 is 0 Å². The number of esters is 1. The Balaban J connectivity index is 2.61. The lowest BCUT2D eigenvalue weighted by molar-refractivity contribution is -0.142. The van der Waals surface area contributed by atoms with Crippen molar-refractivity contribution in [1.29, 1.82) is 0 Å². The number of hydrogen-bond acceptors (Lipinski definition) is 6. The van der Waals surface area contributed by atoms with Crippen molar-refractivity contribution in [3.8, 4) is 0 Å². The van der Waals surface area contributed by atoms with Gasteiger partial charge in [-0.25, -0.2) is 0 Å². The second kappa shape index (κ2) is 6.24. The highest BCUT2D eigenvalue weighted by Gasteiger charge is 2.20. The number of rotatable bonds is 5. The van der Waals surface area contributed by atoms with Crippen molar-refractivity contribution in [1.82, 2.24) is 10.2 Å². The average Bonchev–Trinajstić information content (AvgIpc) is 2.61. The number of hydrogen-bond donors (Lipinski definition) is 1. The largest absolute Gasteiger partial charge is 0.465 e. The number of aromatic amines is 1. The van der Waals surface area contributed by atoms with E-state index in [0.29, 0.717) is 10.6 Å². The molecule has 1 N–H and O–H groups in total. The van der Waals surface area contributed by atoms with Crippen molar-refractivity contribution < 1.29 is 9.53 Å². The molecule has 0 bridgehead atoms. The fraction of sp³-hybridized carbons (Fsp3) is 0.625. The Morgan fingerprint density at radius 2 is 2.47 bits per heavy atom. The van der Waals surface area contributed by atoms with Gasteiger partial charge < -0.3 is 4.74 Å². The van der Waals surface area contributed by atoms with E-state index in [1.54, 1.807) is 6.92 Å². The molecule has 1 heterocycles. The topological polar surface area (TPSA) is 55.0 Å². The Morgan fingerprint density at radius 3 is 2.93 bits per heavy atom. The molecule has 15 heavy (non-hydrogen) atoms. The van der Waals surface area contributed by atoms with Crippen molar-refractivity contribution in [2.45, 2.75) is 29.9 Å². The number of aromatic nitrogens is 2. The van der Waals surface area contributed by atoms with E-state index in [-0.39, 0.29) is 11.2 Å². The van der Waals surface area contributed by atoms with Gasteiger partial charge in [-0.1, -0.05) is 30.0 Å². The fourth-order valence-corrected chi connectivity index (χ4v) is 3.17. The second-order valence-corrected chi connectivity index (χ2v) is 5.76. The van der Waals surface area contributed by atoms with E-state index in [0.717, 1.165) is 10.8 Å². The van der Waals surface area contributed by atoms with Crippen LogP contribution in [0.25, 0.3) is 0 Å². The molecule has 0 aromatic carbocycles. The summed E-state index contributed by atoms with van der Waals surface area (Å²) in [6.07, 6.45) is 0.718. The summed E-state index contributed by atoms with van der Waals surface area (Å²) in [5.41, 5.74) is 0. The van der Waals surface area contributed by atoms with Gasteiger partial charge >= 0.3 is 5.97 Å². The van der Waals surface area contributed by atoms with Crippen LogP contribution in [0.5, 0.6) is 0 Å². The monoisotopic (exact) mass is 264 g/mol. The maximum Gasteiger partial charge on any atom is 0.319 e. The zero-order valence-electron chi connectivity index (χ0n) is 8.48. The quantitative estimate of drug-likeness (QED) is 0.503. The summed E-state index contributed by atoms with van der Waals surface area (Å²) in [4.78, 5) is 11.5. The van der Waals surface area contributed by atoms with Gasteiger partial charge in [0.2, 0.25) is 0 Å². The van der Waals surface area contributed by atoms with Gasteiger partial charge in [-0.15, -0.1) is 0 Å². The molecule has 0 aliphatic carbocycles. The molecule has 0 aliphatic rings. The second-order valence-electron chi connectivity index (χ2n) is 2.65. The molecule has 0 aliphatic heterocycles. The minimum atomic E-state index is -0.195. The highest BCUT2D eigenvalue weighted by atomic mass is 32.2. The Labute approximate surface area is 101 Å². The van der Waals surface area contributed by atoms with Gasteiger partial charge in [0, 0.05) is 0 Å². The van der Waals surface area contributed by atoms with Crippen molar-refractivity contribution in [3.63, 3.8) is 0 Å². The summed E-state index contributed by atoms with van der Waals surface area (Å²) >= 11 is 7.67. The Hall–Kier alpha value is -0.400. The van der Waals surface area contributed by atoms with Crippen LogP contribution in [0.15, 0.2) is 4.34 Å². The molecule has 1 atom stereocenters. The number of ether oxygens (including phenoxy) is 1. The van der Waals surface area contributed by atoms with Gasteiger partial charge in [-0.3, -0.25) is 9.89 Å². The SMILES string of the molecule is CCOC(=O)C(CC)Sc1n[nH]c(=S)s1. The Kier molecular flexibility index (Phi) is 5.27. The lowest BCUT2D eigenvalue weighted by Crippen LogP contribution is -2.19. The van der Waals surface area contributed by atoms with E-state index in [9.17, 15) is 4.79 Å². The number of nitrogens with zero attached hydrogens (tertiary/aromatic N) is 1. The molecular weight excluding hydrogens is 252 g/mol. The van der Waals surface area contributed by atoms with Crippen LogP contribution < -0.4 is 0 Å². The maximum absolute atomic E-state index is 11.5. The van der Waals surface area contributed by atoms with Crippen molar-refractivity contribution in [3.05, 3.63) is 3.95 Å². The lowest BCUT2D eigenvalue weighted by atomic mass is 10.3. The molecule has 4 nitrogen and oxygen atoms in total. The third-order valence-electron chi connectivity index (χ3n) is 1.58. The highest BCUT2D eigenvalue weighted by molar-refractivity contribution is 8.02. The van der Waals surface area contributed by atoms with Gasteiger partial charge in [0.05, 0.1) is 6.61 Å².